The van der Waals surface area contributed by atoms with Gasteiger partial charge in [-0.1, -0.05) is 6.92 Å². The minimum atomic E-state index is -3.17. The van der Waals surface area contributed by atoms with Gasteiger partial charge in [0.15, 0.2) is 9.84 Å². The highest BCUT2D eigenvalue weighted by Crippen LogP contribution is 2.07. The molecular weight excluding hydrogens is 230 g/mol. The second kappa shape index (κ2) is 8.00. The van der Waals surface area contributed by atoms with E-state index in [1.54, 1.807) is 14.0 Å². The molecule has 2 atom stereocenters. The lowest BCUT2D eigenvalue weighted by molar-refractivity contribution is 0.174. The molecule has 2 N–H and O–H groups in total. The highest BCUT2D eigenvalue weighted by molar-refractivity contribution is 7.92. The molecule has 0 radical (unpaired) electrons. The Balaban J connectivity index is 3.90. The topological polar surface area (TPSA) is 75.6 Å². The first-order chi connectivity index (χ1) is 7.44. The SMILES string of the molecule is CCC(C)S(=O)(=O)CC(O)CNCCOC. The normalized spacial score (nSPS) is 16.0. The molecule has 0 aromatic rings. The highest BCUT2D eigenvalue weighted by Gasteiger charge is 2.22. The van der Waals surface area contributed by atoms with Crippen LogP contribution in [0.4, 0.5) is 0 Å². The zero-order valence-electron chi connectivity index (χ0n) is 10.3. The summed E-state index contributed by atoms with van der Waals surface area (Å²) >= 11 is 0. The summed E-state index contributed by atoms with van der Waals surface area (Å²) < 4.78 is 28.1. The predicted molar refractivity (Wildman–Crippen MR) is 64.3 cm³/mol. The number of rotatable bonds is 9. The van der Waals surface area contributed by atoms with Crippen LogP contribution in [0.1, 0.15) is 20.3 Å². The summed E-state index contributed by atoms with van der Waals surface area (Å²) in [5, 5.41) is 12.1. The van der Waals surface area contributed by atoms with E-state index >= 15 is 0 Å². The number of sulfone groups is 1. The van der Waals surface area contributed by atoms with Gasteiger partial charge in [-0.05, 0) is 13.3 Å². The minimum Gasteiger partial charge on any atom is -0.391 e. The second-order valence-corrected chi connectivity index (χ2v) is 6.36. The molecule has 0 saturated carbocycles. The van der Waals surface area contributed by atoms with Gasteiger partial charge in [-0.3, -0.25) is 0 Å². The van der Waals surface area contributed by atoms with Crippen molar-refractivity contribution in [2.45, 2.75) is 31.6 Å². The lowest BCUT2D eigenvalue weighted by Gasteiger charge is -2.15. The van der Waals surface area contributed by atoms with Crippen molar-refractivity contribution in [3.05, 3.63) is 0 Å². The Morgan fingerprint density at radius 3 is 2.56 bits per heavy atom. The van der Waals surface area contributed by atoms with Crippen LogP contribution >= 0.6 is 0 Å². The second-order valence-electron chi connectivity index (χ2n) is 3.90. The van der Waals surface area contributed by atoms with Crippen molar-refractivity contribution in [3.63, 3.8) is 0 Å². The van der Waals surface area contributed by atoms with Crippen molar-refractivity contribution in [1.29, 1.82) is 0 Å². The molecule has 0 saturated heterocycles. The van der Waals surface area contributed by atoms with E-state index in [0.717, 1.165) is 0 Å². The molecule has 0 aliphatic carbocycles. The van der Waals surface area contributed by atoms with Gasteiger partial charge < -0.3 is 15.2 Å². The first-order valence-electron chi connectivity index (χ1n) is 5.53. The monoisotopic (exact) mass is 253 g/mol. The Morgan fingerprint density at radius 1 is 1.44 bits per heavy atom. The fourth-order valence-electron chi connectivity index (χ4n) is 1.19. The molecule has 0 aliphatic heterocycles. The van der Waals surface area contributed by atoms with Crippen LogP contribution in [-0.2, 0) is 14.6 Å². The van der Waals surface area contributed by atoms with Crippen LogP contribution in [0.3, 0.4) is 0 Å². The largest absolute Gasteiger partial charge is 0.391 e. The van der Waals surface area contributed by atoms with Gasteiger partial charge in [0.05, 0.1) is 23.7 Å². The van der Waals surface area contributed by atoms with Crippen molar-refractivity contribution in [3.8, 4) is 0 Å². The summed E-state index contributed by atoms with van der Waals surface area (Å²) in [5.74, 6) is -0.179. The summed E-state index contributed by atoms with van der Waals surface area (Å²) in [6, 6.07) is 0. The van der Waals surface area contributed by atoms with Crippen molar-refractivity contribution in [2.24, 2.45) is 0 Å². The van der Waals surface area contributed by atoms with Gasteiger partial charge in [-0.2, -0.15) is 0 Å². The number of nitrogens with one attached hydrogen (secondary N) is 1. The van der Waals surface area contributed by atoms with Crippen molar-refractivity contribution >= 4 is 9.84 Å². The molecule has 0 aromatic heterocycles. The molecule has 0 heterocycles. The third-order valence-electron chi connectivity index (χ3n) is 2.48. The lowest BCUT2D eigenvalue weighted by Crippen LogP contribution is -2.36. The number of aliphatic hydroxyl groups excluding tert-OH is 1. The Morgan fingerprint density at radius 2 is 2.06 bits per heavy atom. The zero-order chi connectivity index (χ0) is 12.6. The van der Waals surface area contributed by atoms with Gasteiger partial charge >= 0.3 is 0 Å². The van der Waals surface area contributed by atoms with Crippen LogP contribution in [0.15, 0.2) is 0 Å². The summed E-state index contributed by atoms with van der Waals surface area (Å²) in [5.41, 5.74) is 0. The molecule has 0 spiro atoms. The molecule has 0 rings (SSSR count). The van der Waals surface area contributed by atoms with E-state index in [4.69, 9.17) is 4.74 Å². The Bertz CT molecular complexity index is 266. The van der Waals surface area contributed by atoms with Gasteiger partial charge in [0, 0.05) is 20.2 Å². The number of methoxy groups -OCH3 is 1. The van der Waals surface area contributed by atoms with Gasteiger partial charge in [-0.15, -0.1) is 0 Å². The van der Waals surface area contributed by atoms with Gasteiger partial charge in [0.2, 0.25) is 0 Å². The fourth-order valence-corrected chi connectivity index (χ4v) is 2.68. The molecule has 0 bridgehead atoms. The van der Waals surface area contributed by atoms with E-state index in [1.807, 2.05) is 6.92 Å². The van der Waals surface area contributed by atoms with E-state index < -0.39 is 15.9 Å². The van der Waals surface area contributed by atoms with Crippen molar-refractivity contribution < 1.29 is 18.3 Å². The number of hydrogen-bond acceptors (Lipinski definition) is 5. The first kappa shape index (κ1) is 15.8. The van der Waals surface area contributed by atoms with Crippen LogP contribution in [0.5, 0.6) is 0 Å². The van der Waals surface area contributed by atoms with Crippen molar-refractivity contribution in [1.82, 2.24) is 5.32 Å². The van der Waals surface area contributed by atoms with E-state index in [-0.39, 0.29) is 17.5 Å². The molecule has 16 heavy (non-hydrogen) atoms. The molecule has 0 aromatic carbocycles. The minimum absolute atomic E-state index is 0.179. The van der Waals surface area contributed by atoms with Crippen LogP contribution in [0, 0.1) is 0 Å². The third-order valence-corrected chi connectivity index (χ3v) is 4.88. The maximum Gasteiger partial charge on any atom is 0.155 e. The van der Waals surface area contributed by atoms with Crippen LogP contribution in [0.2, 0.25) is 0 Å². The summed E-state index contributed by atoms with van der Waals surface area (Å²) in [4.78, 5) is 0. The Hall–Kier alpha value is -0.170. The average Bonchev–Trinajstić information content (AvgIpc) is 2.22. The van der Waals surface area contributed by atoms with Crippen LogP contribution in [0.25, 0.3) is 0 Å². The van der Waals surface area contributed by atoms with Crippen LogP contribution in [-0.4, -0.2) is 57.4 Å². The molecular formula is C10H23NO4S. The molecule has 6 heteroatoms. The molecule has 98 valence electrons. The smallest absolute Gasteiger partial charge is 0.155 e. The van der Waals surface area contributed by atoms with E-state index in [1.165, 1.54) is 0 Å². The Labute approximate surface area is 98.1 Å². The third kappa shape index (κ3) is 6.42. The zero-order valence-corrected chi connectivity index (χ0v) is 11.1. The van der Waals surface area contributed by atoms with E-state index in [2.05, 4.69) is 5.32 Å². The molecule has 5 nitrogen and oxygen atoms in total. The molecule has 2 unspecified atom stereocenters. The standard InChI is InChI=1S/C10H23NO4S/c1-4-9(2)16(13,14)8-10(12)7-11-5-6-15-3/h9-12H,4-8H2,1-3H3. The van der Waals surface area contributed by atoms with E-state index in [9.17, 15) is 13.5 Å². The fraction of sp³-hybridized carbons (Fsp3) is 1.00. The molecule has 0 amide bonds. The van der Waals surface area contributed by atoms with Crippen LogP contribution < -0.4 is 5.32 Å². The highest BCUT2D eigenvalue weighted by atomic mass is 32.2. The maximum absolute atomic E-state index is 11.6. The summed E-state index contributed by atoms with van der Waals surface area (Å²) in [6.07, 6.45) is -0.276. The first-order valence-corrected chi connectivity index (χ1v) is 7.24. The van der Waals surface area contributed by atoms with Crippen molar-refractivity contribution in [2.75, 3.05) is 32.6 Å². The van der Waals surface area contributed by atoms with Gasteiger partial charge in [-0.25, -0.2) is 8.42 Å². The number of hydrogen-bond donors (Lipinski definition) is 2. The predicted octanol–water partition coefficient (Wildman–Crippen LogP) is -0.203. The average molecular weight is 253 g/mol. The number of aliphatic hydroxyl groups is 1. The van der Waals surface area contributed by atoms with Gasteiger partial charge in [0.25, 0.3) is 0 Å². The quantitative estimate of drug-likeness (QED) is 0.556. The van der Waals surface area contributed by atoms with E-state index in [0.29, 0.717) is 19.6 Å². The molecule has 0 fully saturated rings. The maximum atomic E-state index is 11.6. The number of ether oxygens (including phenoxy) is 1. The summed E-state index contributed by atoms with van der Waals surface area (Å²) in [6.45, 7) is 4.92. The van der Waals surface area contributed by atoms with Gasteiger partial charge in [0.1, 0.15) is 0 Å². The molecule has 0 aliphatic rings. The summed E-state index contributed by atoms with van der Waals surface area (Å²) in [7, 11) is -1.58. The lowest BCUT2D eigenvalue weighted by atomic mass is 10.4. The Kier molecular flexibility index (Phi) is 7.91.